The zero-order chi connectivity index (χ0) is 3.54. The number of nitrogens with one attached hydrogen (secondary N) is 1. The van der Waals surface area contributed by atoms with Crippen molar-refractivity contribution < 1.29 is 12.4 Å². The summed E-state index contributed by atoms with van der Waals surface area (Å²) < 4.78 is 0. The van der Waals surface area contributed by atoms with Crippen LogP contribution in [-0.4, -0.2) is 28.0 Å². The Morgan fingerprint density at radius 3 is 2.29 bits per heavy atom. The molecule has 0 atom stereocenters. The normalized spacial score (nSPS) is 5.71. The van der Waals surface area contributed by atoms with E-state index in [0.717, 1.165) is 0 Å². The first-order valence-electron chi connectivity index (χ1n) is 1.49. The fraction of sp³-hybridized carbons (Fsp3) is 0. The molecule has 1 nitrogen and oxygen atoms in total. The molecule has 1 heterocycles. The van der Waals surface area contributed by atoms with E-state index in [2.05, 4.69) is 11.2 Å². The van der Waals surface area contributed by atoms with E-state index in [0.29, 0.717) is 0 Å². The van der Waals surface area contributed by atoms with E-state index in [1.54, 1.807) is 0 Å². The van der Waals surface area contributed by atoms with Gasteiger partial charge >= 0.3 is 23.1 Å². The van der Waals surface area contributed by atoms with Gasteiger partial charge in [0.05, 0.1) is 0 Å². The molecule has 1 N–H and O–H groups in total. The quantitative estimate of drug-likeness (QED) is 0.290. The van der Waals surface area contributed by atoms with Crippen LogP contribution in [0.1, 0.15) is 0 Å². The molecule has 0 spiro atoms. The molecule has 1 aromatic rings. The fourth-order valence-electron chi connectivity index (χ4n) is 0.241. The van der Waals surface area contributed by atoms with Crippen LogP contribution in [-0.2, 0) is 0 Å². The number of hydrogen-bond acceptors (Lipinski definition) is 0. The number of aromatic nitrogens is 1. The second kappa shape index (κ2) is 6.34. The molecule has 0 radical (unpaired) electrons. The molecule has 0 saturated heterocycles. The minimum Gasteiger partial charge on any atom is -1.00 e. The average molecular weight is 126 g/mol. The van der Waals surface area contributed by atoms with E-state index in [1.807, 2.05) is 18.3 Å². The molecule has 0 aromatic carbocycles. The van der Waals surface area contributed by atoms with Gasteiger partial charge in [-0.3, -0.25) is 0 Å². The van der Waals surface area contributed by atoms with Gasteiger partial charge in [-0.25, -0.2) is 0 Å². The summed E-state index contributed by atoms with van der Waals surface area (Å²) in [5, 5.41) is 0. The Hall–Kier alpha value is 0.336. The summed E-state index contributed by atoms with van der Waals surface area (Å²) in [7, 11) is 0. The summed E-state index contributed by atoms with van der Waals surface area (Å²) in [6.07, 6.45) is 4.56. The first-order chi connectivity index (χ1) is 2.50. The molecule has 0 amide bonds. The molecular weight excluding hydrogens is 122 g/mol. The van der Waals surface area contributed by atoms with Crippen molar-refractivity contribution in [1.82, 2.24) is 4.98 Å². The molecule has 0 bridgehead atoms. The maximum Gasteiger partial charge on any atom is 2.00 e. The monoisotopic (exact) mass is 125 g/mol. The third kappa shape index (κ3) is 4.18. The molecule has 0 unspecified atom stereocenters. The van der Waals surface area contributed by atoms with Crippen LogP contribution in [0.15, 0.2) is 18.3 Å². The Morgan fingerprint density at radius 1 is 1.43 bits per heavy atom. The number of aromatic amines is 1. The van der Waals surface area contributed by atoms with Crippen LogP contribution >= 0.6 is 0 Å². The molecule has 1 aromatic heterocycles. The van der Waals surface area contributed by atoms with Crippen molar-refractivity contribution in [2.24, 2.45) is 0 Å². The van der Waals surface area contributed by atoms with Crippen LogP contribution in [0, 0.1) is 6.20 Å². The average Bonchev–Trinajstić information content (AvgIpc) is 1.76. The van der Waals surface area contributed by atoms with Crippen molar-refractivity contribution >= 4 is 23.1 Å². The van der Waals surface area contributed by atoms with Crippen molar-refractivity contribution in [3.63, 3.8) is 0 Å². The van der Waals surface area contributed by atoms with E-state index >= 15 is 0 Å². The Balaban J connectivity index is 0. The number of hydrogen-bond donors (Lipinski definition) is 1. The first kappa shape index (κ1) is 10.3. The molecule has 0 fully saturated rings. The van der Waals surface area contributed by atoms with E-state index < -0.39 is 0 Å². The Kier molecular flexibility index (Phi) is 9.36. The van der Waals surface area contributed by atoms with Crippen LogP contribution < -0.4 is 12.4 Å². The SMILES string of the molecule is [Cl-].[Mg+2].[c-]1ccc[nH]1. The maximum atomic E-state index is 2.74. The maximum absolute atomic E-state index is 2.74. The Morgan fingerprint density at radius 2 is 2.14 bits per heavy atom. The van der Waals surface area contributed by atoms with Crippen LogP contribution in [0.5, 0.6) is 0 Å². The fourth-order valence-corrected chi connectivity index (χ4v) is 0.241. The number of rotatable bonds is 0. The topological polar surface area (TPSA) is 15.8 Å². The van der Waals surface area contributed by atoms with Crippen molar-refractivity contribution in [2.45, 2.75) is 0 Å². The van der Waals surface area contributed by atoms with Crippen molar-refractivity contribution in [1.29, 1.82) is 0 Å². The minimum absolute atomic E-state index is 0. The van der Waals surface area contributed by atoms with Crippen LogP contribution in [0.3, 0.4) is 0 Å². The predicted octanol–water partition coefficient (Wildman–Crippen LogP) is -2.56. The summed E-state index contributed by atoms with van der Waals surface area (Å²) in [6, 6.07) is 3.71. The second-order valence-corrected chi connectivity index (χ2v) is 0.814. The van der Waals surface area contributed by atoms with Gasteiger partial charge in [0.15, 0.2) is 0 Å². The van der Waals surface area contributed by atoms with Crippen LogP contribution in [0.4, 0.5) is 0 Å². The third-order valence-electron chi connectivity index (χ3n) is 0.442. The molecule has 34 valence electrons. The van der Waals surface area contributed by atoms with E-state index in [9.17, 15) is 0 Å². The second-order valence-electron chi connectivity index (χ2n) is 0.814. The van der Waals surface area contributed by atoms with Gasteiger partial charge in [0.25, 0.3) is 0 Å². The van der Waals surface area contributed by atoms with E-state index in [1.165, 1.54) is 0 Å². The number of H-pyrrole nitrogens is 1. The van der Waals surface area contributed by atoms with Crippen molar-refractivity contribution in [2.75, 3.05) is 0 Å². The predicted molar refractivity (Wildman–Crippen MR) is 25.4 cm³/mol. The smallest absolute Gasteiger partial charge is 1.00 e. The van der Waals surface area contributed by atoms with E-state index in [4.69, 9.17) is 0 Å². The molecule has 1 rings (SSSR count). The summed E-state index contributed by atoms with van der Waals surface area (Å²) >= 11 is 0. The van der Waals surface area contributed by atoms with Crippen molar-refractivity contribution in [3.8, 4) is 0 Å². The Labute approximate surface area is 65.1 Å². The number of halogens is 1. The third-order valence-corrected chi connectivity index (χ3v) is 0.442. The van der Waals surface area contributed by atoms with Crippen molar-refractivity contribution in [3.05, 3.63) is 24.5 Å². The van der Waals surface area contributed by atoms with Gasteiger partial charge < -0.3 is 17.4 Å². The zero-order valence-corrected chi connectivity index (χ0v) is 5.99. The van der Waals surface area contributed by atoms with Gasteiger partial charge in [-0.1, -0.05) is 0 Å². The molecule has 0 aliphatic carbocycles. The molecule has 7 heavy (non-hydrogen) atoms. The standard InChI is InChI=1S/C4H4N.ClH.Mg/c1-2-4-5-3-1;;/h1-3,5H;1H;/q-1;;+2/p-1. The minimum atomic E-state index is 0. The van der Waals surface area contributed by atoms with Gasteiger partial charge in [0.2, 0.25) is 0 Å². The van der Waals surface area contributed by atoms with Gasteiger partial charge in [0, 0.05) is 0 Å². The van der Waals surface area contributed by atoms with Gasteiger partial charge in [0.1, 0.15) is 0 Å². The summed E-state index contributed by atoms with van der Waals surface area (Å²) in [4.78, 5) is 2.74. The van der Waals surface area contributed by atoms with Gasteiger partial charge in [-0.05, 0) is 0 Å². The van der Waals surface area contributed by atoms with Gasteiger partial charge in [-0.2, -0.15) is 18.3 Å². The molecule has 3 heteroatoms. The molecule has 0 aliphatic heterocycles. The summed E-state index contributed by atoms with van der Waals surface area (Å²) in [6.45, 7) is 0. The van der Waals surface area contributed by atoms with Crippen LogP contribution in [0.25, 0.3) is 0 Å². The summed E-state index contributed by atoms with van der Waals surface area (Å²) in [5.74, 6) is 0. The first-order valence-corrected chi connectivity index (χ1v) is 1.49. The molecular formula is C4H4ClMgN. The van der Waals surface area contributed by atoms with E-state index in [-0.39, 0.29) is 35.5 Å². The largest absolute Gasteiger partial charge is 2.00 e. The Bertz CT molecular complexity index is 68.2. The zero-order valence-electron chi connectivity index (χ0n) is 3.82. The molecule has 0 aliphatic rings. The van der Waals surface area contributed by atoms with Gasteiger partial charge in [-0.15, -0.1) is 6.20 Å². The van der Waals surface area contributed by atoms with Crippen LogP contribution in [0.2, 0.25) is 0 Å². The summed E-state index contributed by atoms with van der Waals surface area (Å²) in [5.41, 5.74) is 0. The molecule has 0 saturated carbocycles.